The number of methoxy groups -OCH3 is 1. The third-order valence-corrected chi connectivity index (χ3v) is 2.07. The molecule has 1 saturated carbocycles. The number of hydrogen-bond acceptors (Lipinski definition) is 3. The van der Waals surface area contributed by atoms with Crippen LogP contribution >= 0.6 is 0 Å². The fourth-order valence-electron chi connectivity index (χ4n) is 0.930. The Bertz CT molecular complexity index is 113. The van der Waals surface area contributed by atoms with Crippen molar-refractivity contribution < 1.29 is 9.47 Å². The van der Waals surface area contributed by atoms with Crippen LogP contribution in [0.5, 0.6) is 0 Å². The molecule has 1 fully saturated rings. The number of nitrogens with two attached hydrogens (primary N) is 1. The molecule has 3 heteroatoms. The monoisotopic (exact) mass is 159 g/mol. The van der Waals surface area contributed by atoms with Gasteiger partial charge >= 0.3 is 0 Å². The minimum absolute atomic E-state index is 0.132. The van der Waals surface area contributed by atoms with Crippen molar-refractivity contribution in [3.05, 3.63) is 0 Å². The van der Waals surface area contributed by atoms with E-state index in [9.17, 15) is 0 Å². The van der Waals surface area contributed by atoms with Crippen LogP contribution in [0.3, 0.4) is 0 Å². The first-order valence-corrected chi connectivity index (χ1v) is 4.12. The lowest BCUT2D eigenvalue weighted by Gasteiger charge is -2.07. The van der Waals surface area contributed by atoms with E-state index in [2.05, 4.69) is 0 Å². The lowest BCUT2D eigenvalue weighted by atomic mass is 10.2. The molecule has 0 spiro atoms. The molecule has 2 N–H and O–H groups in total. The van der Waals surface area contributed by atoms with Crippen molar-refractivity contribution in [2.75, 3.05) is 26.9 Å². The standard InChI is InChI=1S/C8H17NO2/c1-10-6-7-11-5-4-8(9)2-3-8/h2-7,9H2,1H3. The minimum atomic E-state index is 0.132. The van der Waals surface area contributed by atoms with E-state index in [4.69, 9.17) is 15.2 Å². The van der Waals surface area contributed by atoms with Gasteiger partial charge < -0.3 is 15.2 Å². The van der Waals surface area contributed by atoms with Crippen LogP contribution in [0.15, 0.2) is 0 Å². The van der Waals surface area contributed by atoms with Crippen LogP contribution in [0, 0.1) is 0 Å². The third-order valence-electron chi connectivity index (χ3n) is 2.07. The molecule has 0 radical (unpaired) electrons. The van der Waals surface area contributed by atoms with Crippen molar-refractivity contribution in [3.8, 4) is 0 Å². The predicted molar refractivity (Wildman–Crippen MR) is 43.5 cm³/mol. The topological polar surface area (TPSA) is 44.5 Å². The second-order valence-electron chi connectivity index (χ2n) is 3.22. The highest BCUT2D eigenvalue weighted by atomic mass is 16.5. The van der Waals surface area contributed by atoms with E-state index in [1.165, 1.54) is 12.8 Å². The minimum Gasteiger partial charge on any atom is -0.382 e. The van der Waals surface area contributed by atoms with E-state index < -0.39 is 0 Å². The summed E-state index contributed by atoms with van der Waals surface area (Å²) in [6.07, 6.45) is 3.33. The maximum atomic E-state index is 5.85. The molecule has 1 rings (SSSR count). The van der Waals surface area contributed by atoms with Gasteiger partial charge in [-0.2, -0.15) is 0 Å². The maximum Gasteiger partial charge on any atom is 0.0700 e. The summed E-state index contributed by atoms with van der Waals surface area (Å²) in [5, 5.41) is 0. The fraction of sp³-hybridized carbons (Fsp3) is 1.00. The van der Waals surface area contributed by atoms with Crippen LogP contribution in [-0.2, 0) is 9.47 Å². The average Bonchev–Trinajstić information content (AvgIpc) is 2.69. The Labute approximate surface area is 67.9 Å². The first-order chi connectivity index (χ1) is 5.27. The highest BCUT2D eigenvalue weighted by molar-refractivity contribution is 4.98. The Morgan fingerprint density at radius 1 is 1.27 bits per heavy atom. The fourth-order valence-corrected chi connectivity index (χ4v) is 0.930. The van der Waals surface area contributed by atoms with Crippen molar-refractivity contribution in [1.82, 2.24) is 0 Å². The second kappa shape index (κ2) is 4.04. The number of hydrogen-bond donors (Lipinski definition) is 1. The summed E-state index contributed by atoms with van der Waals surface area (Å²) in [5.74, 6) is 0. The van der Waals surface area contributed by atoms with Crippen LogP contribution < -0.4 is 5.73 Å². The van der Waals surface area contributed by atoms with Gasteiger partial charge in [0.2, 0.25) is 0 Å². The molecule has 0 aromatic heterocycles. The van der Waals surface area contributed by atoms with E-state index >= 15 is 0 Å². The van der Waals surface area contributed by atoms with E-state index in [0.29, 0.717) is 13.2 Å². The SMILES string of the molecule is COCCOCCC1(N)CC1. The molecular weight excluding hydrogens is 142 g/mol. The lowest BCUT2D eigenvalue weighted by molar-refractivity contribution is 0.0663. The first-order valence-electron chi connectivity index (χ1n) is 4.12. The molecule has 0 atom stereocenters. The van der Waals surface area contributed by atoms with Crippen LogP contribution in [0.25, 0.3) is 0 Å². The summed E-state index contributed by atoms with van der Waals surface area (Å²) in [5.41, 5.74) is 5.98. The maximum absolute atomic E-state index is 5.85. The highest BCUT2D eigenvalue weighted by Gasteiger charge is 2.37. The summed E-state index contributed by atoms with van der Waals surface area (Å²) >= 11 is 0. The van der Waals surface area contributed by atoms with Gasteiger partial charge in [0, 0.05) is 19.3 Å². The zero-order valence-electron chi connectivity index (χ0n) is 7.14. The summed E-state index contributed by atoms with van der Waals surface area (Å²) in [7, 11) is 1.68. The van der Waals surface area contributed by atoms with E-state index in [-0.39, 0.29) is 5.54 Å². The molecule has 1 aliphatic carbocycles. The second-order valence-corrected chi connectivity index (χ2v) is 3.22. The normalized spacial score (nSPS) is 20.2. The Morgan fingerprint density at radius 3 is 2.55 bits per heavy atom. The molecule has 11 heavy (non-hydrogen) atoms. The average molecular weight is 159 g/mol. The van der Waals surface area contributed by atoms with Crippen molar-refractivity contribution in [2.45, 2.75) is 24.8 Å². The molecule has 0 aliphatic heterocycles. The zero-order chi connectivity index (χ0) is 8.16. The van der Waals surface area contributed by atoms with Gasteiger partial charge in [0.05, 0.1) is 13.2 Å². The van der Waals surface area contributed by atoms with Gasteiger partial charge in [-0.1, -0.05) is 0 Å². The van der Waals surface area contributed by atoms with Crippen LogP contribution in [0.2, 0.25) is 0 Å². The Kier molecular flexibility index (Phi) is 3.30. The van der Waals surface area contributed by atoms with Crippen molar-refractivity contribution in [1.29, 1.82) is 0 Å². The largest absolute Gasteiger partial charge is 0.382 e. The highest BCUT2D eigenvalue weighted by Crippen LogP contribution is 2.35. The molecule has 0 unspecified atom stereocenters. The van der Waals surface area contributed by atoms with E-state index in [1.807, 2.05) is 0 Å². The molecule has 0 heterocycles. The first kappa shape index (κ1) is 8.97. The lowest BCUT2D eigenvalue weighted by Crippen LogP contribution is -2.23. The molecule has 0 saturated heterocycles. The number of rotatable bonds is 6. The number of ether oxygens (including phenoxy) is 2. The van der Waals surface area contributed by atoms with Gasteiger partial charge in [0.1, 0.15) is 0 Å². The summed E-state index contributed by atoms with van der Waals surface area (Å²) in [4.78, 5) is 0. The summed E-state index contributed by atoms with van der Waals surface area (Å²) in [6.45, 7) is 2.14. The van der Waals surface area contributed by atoms with E-state index in [0.717, 1.165) is 13.0 Å². The Morgan fingerprint density at radius 2 is 2.00 bits per heavy atom. The molecule has 0 aromatic carbocycles. The molecule has 66 valence electrons. The van der Waals surface area contributed by atoms with Gasteiger partial charge in [0.25, 0.3) is 0 Å². The van der Waals surface area contributed by atoms with E-state index in [1.54, 1.807) is 7.11 Å². The molecular formula is C8H17NO2. The predicted octanol–water partition coefficient (Wildman–Crippen LogP) is 0.531. The summed E-state index contributed by atoms with van der Waals surface area (Å²) < 4.78 is 10.1. The van der Waals surface area contributed by atoms with Gasteiger partial charge in [-0.25, -0.2) is 0 Å². The van der Waals surface area contributed by atoms with Crippen LogP contribution in [0.4, 0.5) is 0 Å². The molecule has 3 nitrogen and oxygen atoms in total. The zero-order valence-corrected chi connectivity index (χ0v) is 7.14. The quantitative estimate of drug-likeness (QED) is 0.575. The van der Waals surface area contributed by atoms with Gasteiger partial charge in [0.15, 0.2) is 0 Å². The molecule has 1 aliphatic rings. The molecule has 0 amide bonds. The van der Waals surface area contributed by atoms with Crippen molar-refractivity contribution >= 4 is 0 Å². The van der Waals surface area contributed by atoms with Crippen molar-refractivity contribution in [3.63, 3.8) is 0 Å². The Hall–Kier alpha value is -0.120. The molecule has 0 bridgehead atoms. The smallest absolute Gasteiger partial charge is 0.0700 e. The molecule has 0 aromatic rings. The Balaban J connectivity index is 1.81. The van der Waals surface area contributed by atoms with Crippen LogP contribution in [0.1, 0.15) is 19.3 Å². The van der Waals surface area contributed by atoms with Gasteiger partial charge in [-0.15, -0.1) is 0 Å². The summed E-state index contributed by atoms with van der Waals surface area (Å²) in [6, 6.07) is 0. The van der Waals surface area contributed by atoms with Crippen LogP contribution in [-0.4, -0.2) is 32.5 Å². The van der Waals surface area contributed by atoms with Gasteiger partial charge in [-0.3, -0.25) is 0 Å². The van der Waals surface area contributed by atoms with Gasteiger partial charge in [-0.05, 0) is 19.3 Å². The van der Waals surface area contributed by atoms with Crippen molar-refractivity contribution in [2.24, 2.45) is 5.73 Å². The third kappa shape index (κ3) is 3.70.